The van der Waals surface area contributed by atoms with Gasteiger partial charge in [-0.2, -0.15) is 0 Å². The molecule has 1 amide bonds. The van der Waals surface area contributed by atoms with Crippen molar-refractivity contribution in [1.29, 1.82) is 0 Å². The van der Waals surface area contributed by atoms with Gasteiger partial charge in [-0.25, -0.2) is 9.38 Å². The molecule has 0 aliphatic rings. The maximum absolute atomic E-state index is 13.9. The number of nitrogens with one attached hydrogen (secondary N) is 2. The molecule has 5 nitrogen and oxygen atoms in total. The van der Waals surface area contributed by atoms with E-state index in [1.165, 1.54) is 6.07 Å². The number of halogens is 3. The molecule has 0 atom stereocenters. The molecule has 0 saturated carbocycles. The fourth-order valence-electron chi connectivity index (χ4n) is 2.38. The van der Waals surface area contributed by atoms with Gasteiger partial charge >= 0.3 is 0 Å². The second kappa shape index (κ2) is 12.0. The first-order chi connectivity index (χ1) is 12.9. The van der Waals surface area contributed by atoms with Crippen LogP contribution in [0.5, 0.6) is 0 Å². The van der Waals surface area contributed by atoms with Crippen LogP contribution in [0.4, 0.5) is 4.39 Å². The lowest BCUT2D eigenvalue weighted by Gasteiger charge is -2.12. The predicted molar refractivity (Wildman–Crippen MR) is 126 cm³/mol. The summed E-state index contributed by atoms with van der Waals surface area (Å²) in [5, 5.41) is 6.28. The van der Waals surface area contributed by atoms with Crippen LogP contribution in [0.15, 0.2) is 51.9 Å². The number of carbonyl (C=O) groups is 1. The summed E-state index contributed by atoms with van der Waals surface area (Å²) in [7, 11) is 3.45. The van der Waals surface area contributed by atoms with Gasteiger partial charge in [0.15, 0.2) is 5.96 Å². The maximum Gasteiger partial charge on any atom is 0.253 e. The van der Waals surface area contributed by atoms with E-state index in [1.807, 2.05) is 19.1 Å². The molecule has 0 aliphatic carbocycles. The number of rotatable bonds is 6. The normalized spacial score (nSPS) is 10.8. The van der Waals surface area contributed by atoms with Crippen molar-refractivity contribution in [3.63, 3.8) is 0 Å². The van der Waals surface area contributed by atoms with Crippen molar-refractivity contribution in [2.24, 2.45) is 4.99 Å². The van der Waals surface area contributed by atoms with Gasteiger partial charge in [-0.05, 0) is 42.8 Å². The largest absolute Gasteiger partial charge is 0.357 e. The summed E-state index contributed by atoms with van der Waals surface area (Å²) in [4.78, 5) is 18.0. The van der Waals surface area contributed by atoms with Crippen molar-refractivity contribution in [1.82, 2.24) is 15.5 Å². The highest BCUT2D eigenvalue weighted by atomic mass is 127. The van der Waals surface area contributed by atoms with E-state index in [9.17, 15) is 9.18 Å². The number of hydrogen-bond acceptors (Lipinski definition) is 2. The summed E-state index contributed by atoms with van der Waals surface area (Å²) in [5.41, 5.74) is 2.18. The summed E-state index contributed by atoms with van der Waals surface area (Å²) in [5.74, 6) is 0.309. The number of benzene rings is 2. The first-order valence-electron chi connectivity index (χ1n) is 8.67. The monoisotopic (exact) mass is 562 g/mol. The summed E-state index contributed by atoms with van der Waals surface area (Å²) < 4.78 is 14.7. The molecule has 0 aromatic heterocycles. The maximum atomic E-state index is 13.9. The van der Waals surface area contributed by atoms with Crippen molar-refractivity contribution in [2.75, 3.05) is 20.6 Å². The molecule has 2 aromatic carbocycles. The van der Waals surface area contributed by atoms with Crippen LogP contribution in [0.2, 0.25) is 0 Å². The number of guanidine groups is 1. The molecule has 0 radical (unpaired) electrons. The van der Waals surface area contributed by atoms with Crippen LogP contribution in [-0.2, 0) is 13.1 Å². The highest BCUT2D eigenvalue weighted by Gasteiger charge is 2.07. The van der Waals surface area contributed by atoms with E-state index in [4.69, 9.17) is 0 Å². The molecule has 0 saturated heterocycles. The Balaban J connectivity index is 0.00000392. The van der Waals surface area contributed by atoms with Gasteiger partial charge in [0.2, 0.25) is 0 Å². The van der Waals surface area contributed by atoms with E-state index in [-0.39, 0.29) is 35.7 Å². The first kappa shape index (κ1) is 24.4. The minimum absolute atomic E-state index is 0. The molecule has 2 N–H and O–H groups in total. The van der Waals surface area contributed by atoms with Crippen LogP contribution in [0.3, 0.4) is 0 Å². The van der Waals surface area contributed by atoms with Crippen LogP contribution in [0.25, 0.3) is 0 Å². The molecule has 0 unspecified atom stereocenters. The fraction of sp³-hybridized carbons (Fsp3) is 0.300. The van der Waals surface area contributed by atoms with Crippen LogP contribution < -0.4 is 10.6 Å². The highest BCUT2D eigenvalue weighted by molar-refractivity contribution is 14.0. The third-order valence-corrected chi connectivity index (χ3v) is 4.32. The molecule has 8 heteroatoms. The third kappa shape index (κ3) is 7.38. The zero-order valence-corrected chi connectivity index (χ0v) is 20.0. The SMILES string of the molecule is CCNC(=NCc1ccc(C(=O)N(C)C)cc1)NCc1cc(Br)ccc1F.I. The van der Waals surface area contributed by atoms with E-state index in [2.05, 4.69) is 31.6 Å². The molecule has 2 rings (SSSR count). The van der Waals surface area contributed by atoms with Gasteiger partial charge in [0.05, 0.1) is 6.54 Å². The Morgan fingerprint density at radius 3 is 2.43 bits per heavy atom. The van der Waals surface area contributed by atoms with Gasteiger partial charge in [-0.15, -0.1) is 24.0 Å². The number of carbonyl (C=O) groups excluding carboxylic acids is 1. The quantitative estimate of drug-likeness (QED) is 0.316. The zero-order chi connectivity index (χ0) is 19.8. The second-order valence-corrected chi connectivity index (χ2v) is 7.10. The van der Waals surface area contributed by atoms with E-state index in [0.717, 1.165) is 10.0 Å². The van der Waals surface area contributed by atoms with E-state index >= 15 is 0 Å². The Hall–Kier alpha value is -1.68. The van der Waals surface area contributed by atoms with Crippen LogP contribution >= 0.6 is 39.9 Å². The summed E-state index contributed by atoms with van der Waals surface area (Å²) in [6.07, 6.45) is 0. The molecule has 0 spiro atoms. The summed E-state index contributed by atoms with van der Waals surface area (Å²) in [6, 6.07) is 12.2. The summed E-state index contributed by atoms with van der Waals surface area (Å²) in [6.45, 7) is 3.45. The predicted octanol–water partition coefficient (Wildman–Crippen LogP) is 4.16. The van der Waals surface area contributed by atoms with E-state index in [0.29, 0.717) is 36.7 Å². The fourth-order valence-corrected chi connectivity index (χ4v) is 2.79. The Morgan fingerprint density at radius 2 is 1.82 bits per heavy atom. The van der Waals surface area contributed by atoms with Crippen LogP contribution in [-0.4, -0.2) is 37.4 Å². The first-order valence-corrected chi connectivity index (χ1v) is 9.46. The van der Waals surface area contributed by atoms with Crippen molar-refractivity contribution in [3.05, 3.63) is 69.4 Å². The minimum atomic E-state index is -0.261. The van der Waals surface area contributed by atoms with Crippen molar-refractivity contribution in [2.45, 2.75) is 20.0 Å². The standard InChI is InChI=1S/C20H24BrFN4O.HI/c1-4-23-20(25-13-16-11-17(21)9-10-18(16)22)24-12-14-5-7-15(8-6-14)19(27)26(2)3;/h5-11H,4,12-13H2,1-3H3,(H2,23,24,25);1H. The molecule has 0 fully saturated rings. The van der Waals surface area contributed by atoms with Gasteiger partial charge < -0.3 is 15.5 Å². The van der Waals surface area contributed by atoms with Gasteiger partial charge in [-0.3, -0.25) is 4.79 Å². The molecule has 0 aliphatic heterocycles. The van der Waals surface area contributed by atoms with Gasteiger partial charge in [0, 0.05) is 42.8 Å². The van der Waals surface area contributed by atoms with Crippen LogP contribution in [0, 0.1) is 5.82 Å². The molecule has 0 bridgehead atoms. The molecular formula is C20H25BrFIN4O. The lowest BCUT2D eigenvalue weighted by atomic mass is 10.1. The lowest BCUT2D eigenvalue weighted by molar-refractivity contribution is 0.0827. The molecule has 28 heavy (non-hydrogen) atoms. The van der Waals surface area contributed by atoms with Gasteiger partial charge in [0.25, 0.3) is 5.91 Å². The number of amides is 1. The third-order valence-electron chi connectivity index (χ3n) is 3.83. The lowest BCUT2D eigenvalue weighted by Crippen LogP contribution is -2.37. The average molecular weight is 563 g/mol. The molecular weight excluding hydrogens is 538 g/mol. The smallest absolute Gasteiger partial charge is 0.253 e. The van der Waals surface area contributed by atoms with Gasteiger partial charge in [0.1, 0.15) is 5.82 Å². The Morgan fingerprint density at radius 1 is 1.14 bits per heavy atom. The Kier molecular flexibility index (Phi) is 10.4. The van der Waals surface area contributed by atoms with E-state index < -0.39 is 0 Å². The number of hydrogen-bond donors (Lipinski definition) is 2. The average Bonchev–Trinajstić information content (AvgIpc) is 2.66. The van der Waals surface area contributed by atoms with Gasteiger partial charge in [-0.1, -0.05) is 28.1 Å². The molecule has 0 heterocycles. The van der Waals surface area contributed by atoms with Crippen molar-refractivity contribution in [3.8, 4) is 0 Å². The van der Waals surface area contributed by atoms with Crippen LogP contribution in [0.1, 0.15) is 28.4 Å². The van der Waals surface area contributed by atoms with Crippen molar-refractivity contribution < 1.29 is 9.18 Å². The zero-order valence-electron chi connectivity index (χ0n) is 16.1. The molecule has 152 valence electrons. The summed E-state index contributed by atoms with van der Waals surface area (Å²) >= 11 is 3.35. The highest BCUT2D eigenvalue weighted by Crippen LogP contribution is 2.15. The topological polar surface area (TPSA) is 56.7 Å². The second-order valence-electron chi connectivity index (χ2n) is 6.18. The van der Waals surface area contributed by atoms with Crippen molar-refractivity contribution >= 4 is 51.8 Å². The Labute approximate surface area is 191 Å². The number of aliphatic imine (C=N–C) groups is 1. The minimum Gasteiger partial charge on any atom is -0.357 e. The Bertz CT molecular complexity index is 812. The number of nitrogens with zero attached hydrogens (tertiary/aromatic N) is 2. The molecule has 2 aromatic rings. The van der Waals surface area contributed by atoms with E-state index in [1.54, 1.807) is 43.3 Å².